The molecule has 2 nitrogen and oxygen atoms in total. The topological polar surface area (TPSA) is 21.3 Å². The van der Waals surface area contributed by atoms with Crippen molar-refractivity contribution in [1.29, 1.82) is 0 Å². The molecule has 0 aromatic heterocycles. The Balaban J connectivity index is 1.97. The zero-order valence-corrected chi connectivity index (χ0v) is 12.0. The van der Waals surface area contributed by atoms with Gasteiger partial charge in [0.1, 0.15) is 5.75 Å². The molecule has 1 aromatic rings. The van der Waals surface area contributed by atoms with Gasteiger partial charge in [0.05, 0.1) is 7.11 Å². The summed E-state index contributed by atoms with van der Waals surface area (Å²) in [5.74, 6) is 1.83. The number of benzene rings is 1. The molecule has 1 unspecified atom stereocenters. The number of hydrogen-bond acceptors (Lipinski definition) is 2. The van der Waals surface area contributed by atoms with E-state index in [0.717, 1.165) is 36.1 Å². The van der Waals surface area contributed by atoms with Gasteiger partial charge in [0.15, 0.2) is 0 Å². The molecule has 1 aliphatic carbocycles. The van der Waals surface area contributed by atoms with Crippen LogP contribution < -0.4 is 10.1 Å². The first-order valence-corrected chi connectivity index (χ1v) is 7.18. The molecule has 1 aromatic carbocycles. The summed E-state index contributed by atoms with van der Waals surface area (Å²) < 4.78 is 5.39. The lowest BCUT2D eigenvalue weighted by atomic mass is 10.0. The highest BCUT2D eigenvalue weighted by atomic mass is 35.5. The van der Waals surface area contributed by atoms with Gasteiger partial charge in [0.25, 0.3) is 0 Å². The van der Waals surface area contributed by atoms with Crippen LogP contribution in [0.25, 0.3) is 0 Å². The summed E-state index contributed by atoms with van der Waals surface area (Å²) in [5, 5.41) is 4.38. The third-order valence-corrected chi connectivity index (χ3v) is 3.86. The maximum atomic E-state index is 6.05. The van der Waals surface area contributed by atoms with Gasteiger partial charge in [-0.05, 0) is 61.9 Å². The summed E-state index contributed by atoms with van der Waals surface area (Å²) in [4.78, 5) is 0. The predicted molar refractivity (Wildman–Crippen MR) is 76.5 cm³/mol. The maximum Gasteiger partial charge on any atom is 0.122 e. The lowest BCUT2D eigenvalue weighted by Gasteiger charge is -2.18. The van der Waals surface area contributed by atoms with Crippen molar-refractivity contribution in [3.63, 3.8) is 0 Å². The van der Waals surface area contributed by atoms with Crippen molar-refractivity contribution in [2.24, 2.45) is 5.92 Å². The molecule has 1 saturated carbocycles. The Kier molecular flexibility index (Phi) is 4.90. The molecular weight excluding hydrogens is 246 g/mol. The Morgan fingerprint density at radius 1 is 1.44 bits per heavy atom. The van der Waals surface area contributed by atoms with Crippen LogP contribution in [-0.4, -0.2) is 19.7 Å². The molecule has 0 bridgehead atoms. The fourth-order valence-electron chi connectivity index (χ4n) is 2.52. The molecule has 0 amide bonds. The van der Waals surface area contributed by atoms with Crippen LogP contribution in [0.15, 0.2) is 18.2 Å². The molecule has 3 heteroatoms. The number of ether oxygens (including phenoxy) is 1. The Hall–Kier alpha value is -0.730. The van der Waals surface area contributed by atoms with E-state index in [-0.39, 0.29) is 0 Å². The van der Waals surface area contributed by atoms with Crippen molar-refractivity contribution < 1.29 is 4.74 Å². The second kappa shape index (κ2) is 6.44. The average Bonchev–Trinajstić information content (AvgIpc) is 3.19. The number of methoxy groups -OCH3 is 1. The second-order valence-electron chi connectivity index (χ2n) is 5.00. The molecule has 1 atom stereocenters. The molecule has 18 heavy (non-hydrogen) atoms. The van der Waals surface area contributed by atoms with E-state index in [1.807, 2.05) is 18.2 Å². The quantitative estimate of drug-likeness (QED) is 0.814. The first kappa shape index (κ1) is 13.7. The van der Waals surface area contributed by atoms with Gasteiger partial charge in [-0.3, -0.25) is 0 Å². The minimum absolute atomic E-state index is 0.652. The molecule has 1 N–H and O–H groups in total. The summed E-state index contributed by atoms with van der Waals surface area (Å²) in [7, 11) is 1.72. The van der Waals surface area contributed by atoms with Gasteiger partial charge in [-0.1, -0.05) is 18.5 Å². The zero-order valence-electron chi connectivity index (χ0n) is 11.2. The highest BCUT2D eigenvalue weighted by molar-refractivity contribution is 6.30. The van der Waals surface area contributed by atoms with Crippen molar-refractivity contribution in [2.45, 2.75) is 38.6 Å². The monoisotopic (exact) mass is 267 g/mol. The van der Waals surface area contributed by atoms with Gasteiger partial charge < -0.3 is 10.1 Å². The van der Waals surface area contributed by atoms with Crippen molar-refractivity contribution in [3.8, 4) is 5.75 Å². The Morgan fingerprint density at radius 3 is 2.83 bits per heavy atom. The molecule has 0 radical (unpaired) electrons. The van der Waals surface area contributed by atoms with E-state index < -0.39 is 0 Å². The Morgan fingerprint density at radius 2 is 2.22 bits per heavy atom. The third-order valence-electron chi connectivity index (χ3n) is 3.62. The molecule has 0 heterocycles. The molecule has 100 valence electrons. The maximum absolute atomic E-state index is 6.05. The van der Waals surface area contributed by atoms with Crippen molar-refractivity contribution >= 4 is 11.6 Å². The van der Waals surface area contributed by atoms with E-state index in [0.29, 0.717) is 6.04 Å². The smallest absolute Gasteiger partial charge is 0.122 e. The van der Waals surface area contributed by atoms with E-state index in [4.69, 9.17) is 16.3 Å². The van der Waals surface area contributed by atoms with E-state index in [1.54, 1.807) is 7.11 Å². The van der Waals surface area contributed by atoms with E-state index >= 15 is 0 Å². The number of rotatable bonds is 7. The molecule has 2 rings (SSSR count). The molecule has 0 saturated heterocycles. The molecular formula is C15H22ClNO. The van der Waals surface area contributed by atoms with Crippen LogP contribution in [0, 0.1) is 5.92 Å². The van der Waals surface area contributed by atoms with Crippen LogP contribution in [-0.2, 0) is 6.42 Å². The first-order chi connectivity index (χ1) is 8.74. The second-order valence-corrected chi connectivity index (χ2v) is 5.43. The van der Waals surface area contributed by atoms with Gasteiger partial charge in [-0.15, -0.1) is 0 Å². The Bertz CT molecular complexity index is 390. The summed E-state index contributed by atoms with van der Waals surface area (Å²) in [6.45, 7) is 3.23. The average molecular weight is 268 g/mol. The first-order valence-electron chi connectivity index (χ1n) is 6.80. The van der Waals surface area contributed by atoms with Crippen LogP contribution in [0.4, 0.5) is 0 Å². The van der Waals surface area contributed by atoms with Gasteiger partial charge in [-0.2, -0.15) is 0 Å². The highest BCUT2D eigenvalue weighted by Crippen LogP contribution is 2.35. The van der Waals surface area contributed by atoms with Crippen LogP contribution in [0.1, 0.15) is 31.7 Å². The molecule has 1 aliphatic rings. The Labute approximate surface area is 115 Å². The zero-order chi connectivity index (χ0) is 13.0. The van der Waals surface area contributed by atoms with E-state index in [9.17, 15) is 0 Å². The van der Waals surface area contributed by atoms with Gasteiger partial charge >= 0.3 is 0 Å². The van der Waals surface area contributed by atoms with Crippen LogP contribution in [0.2, 0.25) is 5.02 Å². The normalized spacial score (nSPS) is 16.6. The minimum atomic E-state index is 0.652. The summed E-state index contributed by atoms with van der Waals surface area (Å²) >= 11 is 6.05. The van der Waals surface area contributed by atoms with Crippen LogP contribution in [0.3, 0.4) is 0 Å². The van der Waals surface area contributed by atoms with Gasteiger partial charge in [0, 0.05) is 11.1 Å². The minimum Gasteiger partial charge on any atom is -0.496 e. The molecule has 1 fully saturated rings. The summed E-state index contributed by atoms with van der Waals surface area (Å²) in [5.41, 5.74) is 1.22. The fraction of sp³-hybridized carbons (Fsp3) is 0.600. The largest absolute Gasteiger partial charge is 0.496 e. The number of hydrogen-bond donors (Lipinski definition) is 1. The van der Waals surface area contributed by atoms with Gasteiger partial charge in [0.2, 0.25) is 0 Å². The van der Waals surface area contributed by atoms with E-state index in [2.05, 4.69) is 12.2 Å². The summed E-state index contributed by atoms with van der Waals surface area (Å²) in [6.07, 6.45) is 4.95. The standard InChI is InChI=1S/C15H22ClNO/c1-3-17-14(11-4-5-11)8-6-12-10-13(16)7-9-15(12)18-2/h7,9-11,14,17H,3-6,8H2,1-2H3. The molecule has 0 spiro atoms. The number of nitrogens with one attached hydrogen (secondary N) is 1. The SMILES string of the molecule is CCNC(CCc1cc(Cl)ccc1OC)C1CC1. The predicted octanol–water partition coefficient (Wildman–Crippen LogP) is 3.67. The van der Waals surface area contributed by atoms with Crippen LogP contribution >= 0.6 is 11.6 Å². The van der Waals surface area contributed by atoms with Crippen molar-refractivity contribution in [3.05, 3.63) is 28.8 Å². The van der Waals surface area contributed by atoms with Crippen LogP contribution in [0.5, 0.6) is 5.75 Å². The lowest BCUT2D eigenvalue weighted by molar-refractivity contribution is 0.403. The number of aryl methyl sites for hydroxylation is 1. The fourth-order valence-corrected chi connectivity index (χ4v) is 2.71. The van der Waals surface area contributed by atoms with Crippen molar-refractivity contribution in [1.82, 2.24) is 5.32 Å². The number of halogens is 1. The van der Waals surface area contributed by atoms with Crippen molar-refractivity contribution in [2.75, 3.05) is 13.7 Å². The molecule has 0 aliphatic heterocycles. The summed E-state index contributed by atoms with van der Waals surface area (Å²) in [6, 6.07) is 6.51. The van der Waals surface area contributed by atoms with Gasteiger partial charge in [-0.25, -0.2) is 0 Å². The third kappa shape index (κ3) is 3.63. The lowest BCUT2D eigenvalue weighted by Crippen LogP contribution is -2.31. The highest BCUT2D eigenvalue weighted by Gasteiger charge is 2.30. The van der Waals surface area contributed by atoms with E-state index in [1.165, 1.54) is 18.4 Å².